The van der Waals surface area contributed by atoms with Crippen LogP contribution in [0.2, 0.25) is 0 Å². The van der Waals surface area contributed by atoms with Crippen molar-refractivity contribution in [3.8, 4) is 5.69 Å². The van der Waals surface area contributed by atoms with Crippen molar-refractivity contribution in [1.29, 1.82) is 0 Å². The van der Waals surface area contributed by atoms with Crippen molar-refractivity contribution in [3.05, 3.63) is 58.1 Å². The summed E-state index contributed by atoms with van der Waals surface area (Å²) >= 11 is 5.14. The van der Waals surface area contributed by atoms with Crippen LogP contribution in [0.1, 0.15) is 5.56 Å². The van der Waals surface area contributed by atoms with Crippen LogP contribution in [-0.4, -0.2) is 9.55 Å². The maximum absolute atomic E-state index is 13.7. The smallest absolute Gasteiger partial charge is 0.182 e. The molecule has 0 saturated heterocycles. The summed E-state index contributed by atoms with van der Waals surface area (Å²) in [5.41, 5.74) is 1.53. The fourth-order valence-corrected chi connectivity index (χ4v) is 2.49. The molecule has 1 heterocycles. The van der Waals surface area contributed by atoms with Crippen LogP contribution >= 0.6 is 12.2 Å². The molecular weight excluding hydrogens is 285 g/mol. The van der Waals surface area contributed by atoms with Gasteiger partial charge in [-0.15, -0.1) is 0 Å². The predicted octanol–water partition coefficient (Wildman–Crippen LogP) is 4.41. The van der Waals surface area contributed by atoms with Crippen molar-refractivity contribution in [1.82, 2.24) is 9.55 Å². The minimum Gasteiger partial charge on any atom is -0.328 e. The Morgan fingerprint density at radius 3 is 2.55 bits per heavy atom. The Labute approximate surface area is 117 Å². The molecule has 20 heavy (non-hydrogen) atoms. The number of hydrogen-bond donors (Lipinski definition) is 1. The number of hydrogen-bond acceptors (Lipinski definition) is 1. The number of nitrogens with one attached hydrogen (secondary N) is 1. The number of H-pyrrole nitrogens is 1. The molecule has 1 N–H and O–H groups in total. The van der Waals surface area contributed by atoms with Gasteiger partial charge >= 0.3 is 0 Å². The van der Waals surface area contributed by atoms with E-state index in [1.807, 2.05) is 0 Å². The summed E-state index contributed by atoms with van der Waals surface area (Å²) in [6, 6.07) is 6.12. The molecule has 0 fully saturated rings. The van der Waals surface area contributed by atoms with E-state index in [9.17, 15) is 13.2 Å². The highest BCUT2D eigenvalue weighted by Crippen LogP contribution is 2.25. The van der Waals surface area contributed by atoms with Gasteiger partial charge in [-0.1, -0.05) is 6.07 Å². The zero-order chi connectivity index (χ0) is 14.4. The Morgan fingerprint density at radius 2 is 1.80 bits per heavy atom. The standard InChI is InChI=1S/C14H9F3N2S/c1-7-2-3-8(15)5-11(7)19-12-6-9(16)4-10(17)13(12)18-14(19)20/h2-6H,1H3,(H,18,20). The third-order valence-electron chi connectivity index (χ3n) is 3.12. The first kappa shape index (κ1) is 12.9. The maximum Gasteiger partial charge on any atom is 0.182 e. The summed E-state index contributed by atoms with van der Waals surface area (Å²) in [6.07, 6.45) is 0. The largest absolute Gasteiger partial charge is 0.328 e. The first-order valence-electron chi connectivity index (χ1n) is 5.83. The highest BCUT2D eigenvalue weighted by atomic mass is 32.1. The van der Waals surface area contributed by atoms with E-state index in [1.54, 1.807) is 13.0 Å². The molecule has 0 unspecified atom stereocenters. The summed E-state index contributed by atoms with van der Waals surface area (Å²) in [5, 5.41) is 0. The second kappa shape index (κ2) is 4.49. The molecule has 0 aliphatic carbocycles. The lowest BCUT2D eigenvalue weighted by Gasteiger charge is -2.08. The Morgan fingerprint density at radius 1 is 1.05 bits per heavy atom. The van der Waals surface area contributed by atoms with Crippen molar-refractivity contribution in [2.45, 2.75) is 6.92 Å². The molecule has 3 aromatic rings. The van der Waals surface area contributed by atoms with Gasteiger partial charge in [0.2, 0.25) is 0 Å². The third-order valence-corrected chi connectivity index (χ3v) is 3.41. The number of imidazole rings is 1. The predicted molar refractivity (Wildman–Crippen MR) is 73.1 cm³/mol. The number of benzene rings is 2. The van der Waals surface area contributed by atoms with Gasteiger partial charge in [-0.2, -0.15) is 0 Å². The third kappa shape index (κ3) is 1.92. The van der Waals surface area contributed by atoms with E-state index in [1.165, 1.54) is 16.7 Å². The molecule has 2 aromatic carbocycles. The molecule has 0 radical (unpaired) electrons. The summed E-state index contributed by atoms with van der Waals surface area (Å²) < 4.78 is 42.2. The highest BCUT2D eigenvalue weighted by Gasteiger charge is 2.14. The van der Waals surface area contributed by atoms with E-state index in [0.29, 0.717) is 5.69 Å². The topological polar surface area (TPSA) is 20.7 Å². The summed E-state index contributed by atoms with van der Waals surface area (Å²) in [7, 11) is 0. The fourth-order valence-electron chi connectivity index (χ4n) is 2.19. The molecule has 0 aliphatic heterocycles. The van der Waals surface area contributed by atoms with Crippen LogP contribution < -0.4 is 0 Å². The Kier molecular flexibility index (Phi) is 2.90. The molecule has 0 spiro atoms. The zero-order valence-electron chi connectivity index (χ0n) is 10.4. The monoisotopic (exact) mass is 294 g/mol. The van der Waals surface area contributed by atoms with Gasteiger partial charge in [-0.05, 0) is 36.8 Å². The van der Waals surface area contributed by atoms with E-state index >= 15 is 0 Å². The van der Waals surface area contributed by atoms with Crippen molar-refractivity contribution in [3.63, 3.8) is 0 Å². The molecule has 0 bridgehead atoms. The fraction of sp³-hybridized carbons (Fsp3) is 0.0714. The minimum atomic E-state index is -0.737. The number of aromatic amines is 1. The number of fused-ring (bicyclic) bond motifs is 1. The first-order chi connectivity index (χ1) is 9.47. The van der Waals surface area contributed by atoms with Crippen molar-refractivity contribution in [2.24, 2.45) is 0 Å². The van der Waals surface area contributed by atoms with Crippen molar-refractivity contribution in [2.75, 3.05) is 0 Å². The van der Waals surface area contributed by atoms with Crippen molar-refractivity contribution < 1.29 is 13.2 Å². The maximum atomic E-state index is 13.7. The van der Waals surface area contributed by atoms with Crippen LogP contribution in [0, 0.1) is 29.1 Å². The van der Waals surface area contributed by atoms with Gasteiger partial charge in [-0.3, -0.25) is 4.57 Å². The average Bonchev–Trinajstić information content (AvgIpc) is 2.69. The van der Waals surface area contributed by atoms with E-state index in [2.05, 4.69) is 4.98 Å². The second-order valence-electron chi connectivity index (χ2n) is 4.48. The lowest BCUT2D eigenvalue weighted by molar-refractivity contribution is 0.590. The molecule has 6 heteroatoms. The van der Waals surface area contributed by atoms with Gasteiger partial charge in [0, 0.05) is 12.1 Å². The molecule has 0 aliphatic rings. The molecule has 2 nitrogen and oxygen atoms in total. The molecule has 1 aromatic heterocycles. The molecule has 3 rings (SSSR count). The lowest BCUT2D eigenvalue weighted by atomic mass is 10.2. The zero-order valence-corrected chi connectivity index (χ0v) is 11.2. The van der Waals surface area contributed by atoms with E-state index in [4.69, 9.17) is 12.2 Å². The lowest BCUT2D eigenvalue weighted by Crippen LogP contribution is -1.98. The summed E-state index contributed by atoms with van der Waals surface area (Å²) in [6.45, 7) is 1.77. The first-order valence-corrected chi connectivity index (χ1v) is 6.24. The van der Waals surface area contributed by atoms with E-state index in [0.717, 1.165) is 17.7 Å². The second-order valence-corrected chi connectivity index (χ2v) is 4.86. The van der Waals surface area contributed by atoms with Gasteiger partial charge < -0.3 is 4.98 Å². The molecule has 102 valence electrons. The van der Waals surface area contributed by atoms with Crippen LogP contribution in [0.25, 0.3) is 16.7 Å². The number of aromatic nitrogens is 2. The molecule has 0 atom stereocenters. The van der Waals surface area contributed by atoms with Gasteiger partial charge in [0.15, 0.2) is 10.6 Å². The number of rotatable bonds is 1. The number of aryl methyl sites for hydroxylation is 1. The number of halogens is 3. The van der Waals surface area contributed by atoms with E-state index < -0.39 is 17.5 Å². The SMILES string of the molecule is Cc1ccc(F)cc1-n1c(=S)[nH]c2c(F)cc(F)cc21. The van der Waals surface area contributed by atoms with Gasteiger partial charge in [-0.25, -0.2) is 13.2 Å². The number of nitrogens with zero attached hydrogens (tertiary/aromatic N) is 1. The summed E-state index contributed by atoms with van der Waals surface area (Å²) in [5.74, 6) is -1.90. The minimum absolute atomic E-state index is 0.0973. The Hall–Kier alpha value is -2.08. The highest BCUT2D eigenvalue weighted by molar-refractivity contribution is 7.71. The molecule has 0 amide bonds. The van der Waals surface area contributed by atoms with Crippen molar-refractivity contribution >= 4 is 23.3 Å². The van der Waals surface area contributed by atoms with Gasteiger partial charge in [0.25, 0.3) is 0 Å². The molecule has 0 saturated carbocycles. The average molecular weight is 294 g/mol. The normalized spacial score (nSPS) is 11.2. The van der Waals surface area contributed by atoms with Gasteiger partial charge in [0.05, 0.1) is 11.2 Å². The van der Waals surface area contributed by atoms with Crippen LogP contribution in [0.3, 0.4) is 0 Å². The van der Waals surface area contributed by atoms with E-state index in [-0.39, 0.29) is 15.8 Å². The molecular formula is C14H9F3N2S. The summed E-state index contributed by atoms with van der Waals surface area (Å²) in [4.78, 5) is 2.68. The van der Waals surface area contributed by atoms with Crippen LogP contribution in [0.4, 0.5) is 13.2 Å². The Balaban J connectivity index is 2.45. The van der Waals surface area contributed by atoms with Gasteiger partial charge in [0.1, 0.15) is 17.2 Å². The van der Waals surface area contributed by atoms with Crippen LogP contribution in [0.5, 0.6) is 0 Å². The Bertz CT molecular complexity index is 880. The van der Waals surface area contributed by atoms with Crippen LogP contribution in [-0.2, 0) is 0 Å². The van der Waals surface area contributed by atoms with Crippen LogP contribution in [0.15, 0.2) is 30.3 Å². The quantitative estimate of drug-likeness (QED) is 0.659.